The van der Waals surface area contributed by atoms with Crippen molar-refractivity contribution in [2.24, 2.45) is 0 Å². The fraction of sp³-hybridized carbons (Fsp3) is 0.118. The van der Waals surface area contributed by atoms with Gasteiger partial charge in [-0.2, -0.15) is 0 Å². The number of nitrogens with one attached hydrogen (secondary N) is 1. The smallest absolute Gasteiger partial charge is 0.299 e. The van der Waals surface area contributed by atoms with E-state index in [1.54, 1.807) is 42.5 Å². The van der Waals surface area contributed by atoms with E-state index in [4.69, 9.17) is 0 Å². The third-order valence-electron chi connectivity index (χ3n) is 3.49. The van der Waals surface area contributed by atoms with Gasteiger partial charge in [0, 0.05) is 5.69 Å². The molecule has 0 aromatic heterocycles. The molecule has 0 saturated heterocycles. The van der Waals surface area contributed by atoms with Gasteiger partial charge in [-0.3, -0.25) is 19.3 Å². The van der Waals surface area contributed by atoms with Crippen molar-refractivity contribution in [2.75, 3.05) is 16.8 Å². The first-order valence-electron chi connectivity index (χ1n) is 6.88. The number of Topliss-reactive ketones (excluding diaryl/α,β-unsaturated/α-hetero) is 1. The third kappa shape index (κ3) is 2.48. The van der Waals surface area contributed by atoms with Gasteiger partial charge < -0.3 is 5.32 Å². The van der Waals surface area contributed by atoms with Crippen LogP contribution in [0.1, 0.15) is 15.9 Å². The minimum atomic E-state index is -0.663. The molecule has 0 radical (unpaired) electrons. The van der Waals surface area contributed by atoms with Crippen molar-refractivity contribution in [3.05, 3.63) is 59.7 Å². The Morgan fingerprint density at radius 3 is 2.55 bits per heavy atom. The van der Waals surface area contributed by atoms with Gasteiger partial charge in [-0.05, 0) is 36.8 Å². The molecule has 0 atom stereocenters. The Morgan fingerprint density at radius 1 is 1.09 bits per heavy atom. The van der Waals surface area contributed by atoms with Gasteiger partial charge >= 0.3 is 0 Å². The summed E-state index contributed by atoms with van der Waals surface area (Å²) in [6.45, 7) is 1.69. The number of carbonyl (C=O) groups is 3. The normalized spacial score (nSPS) is 13.2. The maximum absolute atomic E-state index is 12.1. The topological polar surface area (TPSA) is 66.5 Å². The van der Waals surface area contributed by atoms with Crippen LogP contribution in [0.5, 0.6) is 0 Å². The molecule has 2 aromatic rings. The molecule has 0 aliphatic carbocycles. The second kappa shape index (κ2) is 5.44. The van der Waals surface area contributed by atoms with E-state index in [0.29, 0.717) is 16.9 Å². The molecule has 1 aliphatic heterocycles. The Balaban J connectivity index is 1.81. The van der Waals surface area contributed by atoms with E-state index in [9.17, 15) is 14.4 Å². The van der Waals surface area contributed by atoms with Gasteiger partial charge in [0.05, 0.1) is 11.3 Å². The fourth-order valence-electron chi connectivity index (χ4n) is 2.43. The maximum Gasteiger partial charge on any atom is 0.299 e. The molecule has 0 saturated carbocycles. The van der Waals surface area contributed by atoms with Crippen molar-refractivity contribution in [2.45, 2.75) is 6.92 Å². The first kappa shape index (κ1) is 14.0. The Hall–Kier alpha value is -2.95. The first-order valence-corrected chi connectivity index (χ1v) is 6.88. The average Bonchev–Trinajstić information content (AvgIpc) is 2.73. The average molecular weight is 294 g/mol. The van der Waals surface area contributed by atoms with E-state index in [1.807, 2.05) is 13.0 Å². The van der Waals surface area contributed by atoms with E-state index in [2.05, 4.69) is 5.32 Å². The van der Waals surface area contributed by atoms with Crippen LogP contribution < -0.4 is 10.2 Å². The van der Waals surface area contributed by atoms with E-state index < -0.39 is 11.7 Å². The Bertz CT molecular complexity index is 769. The van der Waals surface area contributed by atoms with E-state index in [0.717, 1.165) is 5.56 Å². The first-order chi connectivity index (χ1) is 10.6. The Kier molecular flexibility index (Phi) is 3.47. The molecule has 0 unspecified atom stereocenters. The number of rotatable bonds is 3. The van der Waals surface area contributed by atoms with Gasteiger partial charge in [0.1, 0.15) is 6.54 Å². The molecule has 1 aliphatic rings. The monoisotopic (exact) mass is 294 g/mol. The van der Waals surface area contributed by atoms with Crippen molar-refractivity contribution in [1.29, 1.82) is 0 Å². The highest BCUT2D eigenvalue weighted by Gasteiger charge is 2.36. The number of amides is 2. The van der Waals surface area contributed by atoms with Crippen LogP contribution in [0.25, 0.3) is 0 Å². The van der Waals surface area contributed by atoms with Crippen LogP contribution >= 0.6 is 0 Å². The number of ketones is 1. The number of hydrogen-bond donors (Lipinski definition) is 1. The predicted molar refractivity (Wildman–Crippen MR) is 82.9 cm³/mol. The van der Waals surface area contributed by atoms with Crippen LogP contribution in [0.15, 0.2) is 48.5 Å². The lowest BCUT2D eigenvalue weighted by Gasteiger charge is -2.16. The minimum absolute atomic E-state index is 0.185. The molecular weight excluding hydrogens is 280 g/mol. The molecule has 0 fully saturated rings. The number of aryl methyl sites for hydroxylation is 1. The molecule has 110 valence electrons. The fourth-order valence-corrected chi connectivity index (χ4v) is 2.43. The molecule has 5 nitrogen and oxygen atoms in total. The number of hydrogen-bond acceptors (Lipinski definition) is 3. The maximum atomic E-state index is 12.1. The molecule has 1 N–H and O–H groups in total. The lowest BCUT2D eigenvalue weighted by molar-refractivity contribution is -0.118. The minimum Gasteiger partial charge on any atom is -0.325 e. The summed E-state index contributed by atoms with van der Waals surface area (Å²) < 4.78 is 0. The Labute approximate surface area is 127 Å². The van der Waals surface area contributed by atoms with Crippen molar-refractivity contribution < 1.29 is 14.4 Å². The Morgan fingerprint density at radius 2 is 1.82 bits per heavy atom. The van der Waals surface area contributed by atoms with Crippen LogP contribution in [0.3, 0.4) is 0 Å². The summed E-state index contributed by atoms with van der Waals surface area (Å²) in [5.74, 6) is -1.58. The van der Waals surface area contributed by atoms with Crippen molar-refractivity contribution in [3.63, 3.8) is 0 Å². The van der Waals surface area contributed by atoms with Gasteiger partial charge in [-0.25, -0.2) is 0 Å². The van der Waals surface area contributed by atoms with Crippen molar-refractivity contribution in [3.8, 4) is 0 Å². The second-order valence-electron chi connectivity index (χ2n) is 5.16. The van der Waals surface area contributed by atoms with Crippen LogP contribution in [-0.4, -0.2) is 24.1 Å². The zero-order chi connectivity index (χ0) is 15.7. The summed E-state index contributed by atoms with van der Waals surface area (Å²) in [7, 11) is 0. The van der Waals surface area contributed by atoms with Gasteiger partial charge in [-0.15, -0.1) is 0 Å². The van der Waals surface area contributed by atoms with Crippen LogP contribution in [-0.2, 0) is 9.59 Å². The summed E-state index contributed by atoms with van der Waals surface area (Å²) in [6.07, 6.45) is 0. The van der Waals surface area contributed by atoms with Gasteiger partial charge in [0.15, 0.2) is 0 Å². The number of anilines is 2. The van der Waals surface area contributed by atoms with Gasteiger partial charge in [0.25, 0.3) is 11.7 Å². The lowest BCUT2D eigenvalue weighted by Crippen LogP contribution is -2.37. The molecule has 1 heterocycles. The summed E-state index contributed by atoms with van der Waals surface area (Å²) in [6, 6.07) is 14.1. The summed E-state index contributed by atoms with van der Waals surface area (Å²) >= 11 is 0. The predicted octanol–water partition coefficient (Wildman–Crippen LogP) is 2.16. The van der Waals surface area contributed by atoms with E-state index >= 15 is 0 Å². The number of benzene rings is 2. The van der Waals surface area contributed by atoms with Gasteiger partial charge in [-0.1, -0.05) is 24.3 Å². The van der Waals surface area contributed by atoms with Crippen LogP contribution in [0.2, 0.25) is 0 Å². The number of fused-ring (bicyclic) bond motifs is 1. The van der Waals surface area contributed by atoms with Crippen LogP contribution in [0.4, 0.5) is 11.4 Å². The second-order valence-corrected chi connectivity index (χ2v) is 5.16. The zero-order valence-electron chi connectivity index (χ0n) is 12.0. The molecule has 2 aromatic carbocycles. The highest BCUT2D eigenvalue weighted by atomic mass is 16.2. The zero-order valence-corrected chi connectivity index (χ0v) is 12.0. The number of para-hydroxylation sites is 1. The summed E-state index contributed by atoms with van der Waals surface area (Å²) in [5.41, 5.74) is 2.42. The molecule has 2 amide bonds. The highest BCUT2D eigenvalue weighted by Crippen LogP contribution is 2.29. The highest BCUT2D eigenvalue weighted by molar-refractivity contribution is 6.52. The van der Waals surface area contributed by atoms with E-state index in [-0.39, 0.29) is 12.5 Å². The number of nitrogens with zero attached hydrogens (tertiary/aromatic N) is 1. The number of carbonyl (C=O) groups excluding carboxylic acids is 3. The molecule has 0 bridgehead atoms. The third-order valence-corrected chi connectivity index (χ3v) is 3.49. The van der Waals surface area contributed by atoms with Crippen molar-refractivity contribution in [1.82, 2.24) is 0 Å². The standard InChI is InChI=1S/C17H14N2O3/c1-11-7-8-13-14(9-11)19(17(22)16(13)21)10-15(20)18-12-5-3-2-4-6-12/h2-9H,10H2,1H3,(H,18,20). The SMILES string of the molecule is Cc1ccc2c(c1)N(CC(=O)Nc1ccccc1)C(=O)C2=O. The summed E-state index contributed by atoms with van der Waals surface area (Å²) in [4.78, 5) is 37.3. The van der Waals surface area contributed by atoms with E-state index in [1.165, 1.54) is 4.90 Å². The van der Waals surface area contributed by atoms with Crippen molar-refractivity contribution >= 4 is 29.0 Å². The molecule has 0 spiro atoms. The van der Waals surface area contributed by atoms with Gasteiger partial charge in [0.2, 0.25) is 5.91 Å². The lowest BCUT2D eigenvalue weighted by atomic mass is 10.1. The molecule has 22 heavy (non-hydrogen) atoms. The summed E-state index contributed by atoms with van der Waals surface area (Å²) in [5, 5.41) is 2.71. The molecule has 5 heteroatoms. The quantitative estimate of drug-likeness (QED) is 0.882. The molecular formula is C17H14N2O3. The largest absolute Gasteiger partial charge is 0.325 e. The van der Waals surface area contributed by atoms with Crippen LogP contribution in [0, 0.1) is 6.92 Å². The molecule has 3 rings (SSSR count).